The molecule has 19 heavy (non-hydrogen) atoms. The number of morpholine rings is 1. The van der Waals surface area contributed by atoms with E-state index in [1.807, 2.05) is 0 Å². The third kappa shape index (κ3) is 2.15. The Morgan fingerprint density at radius 1 is 1.37 bits per heavy atom. The lowest BCUT2D eigenvalue weighted by atomic mass is 9.77. The van der Waals surface area contributed by atoms with Crippen molar-refractivity contribution in [2.24, 2.45) is 0 Å². The molecule has 1 aliphatic heterocycles. The maximum atomic E-state index is 6.42. The first kappa shape index (κ1) is 12.9. The van der Waals surface area contributed by atoms with Crippen LogP contribution in [0.25, 0.3) is 0 Å². The van der Waals surface area contributed by atoms with Gasteiger partial charge in [0.05, 0.1) is 13.2 Å². The van der Waals surface area contributed by atoms with Gasteiger partial charge in [0.1, 0.15) is 11.4 Å². The fraction of sp³-hybridized carbons (Fsp3) is 0.625. The molecule has 3 atom stereocenters. The van der Waals surface area contributed by atoms with E-state index in [4.69, 9.17) is 9.47 Å². The number of hydrogen-bond acceptors (Lipinski definition) is 3. The molecule has 1 saturated heterocycles. The zero-order valence-electron chi connectivity index (χ0n) is 12.0. The highest BCUT2D eigenvalue weighted by Crippen LogP contribution is 2.42. The lowest BCUT2D eigenvalue weighted by molar-refractivity contribution is -0.139. The molecule has 0 radical (unpaired) electrons. The quantitative estimate of drug-likeness (QED) is 0.843. The van der Waals surface area contributed by atoms with Crippen molar-refractivity contribution in [3.63, 3.8) is 0 Å². The Kier molecular flexibility index (Phi) is 3.27. The van der Waals surface area contributed by atoms with Crippen molar-refractivity contribution in [1.82, 2.24) is 5.32 Å². The highest BCUT2D eigenvalue weighted by atomic mass is 16.5. The summed E-state index contributed by atoms with van der Waals surface area (Å²) in [6.45, 7) is 5.27. The van der Waals surface area contributed by atoms with Crippen molar-refractivity contribution in [1.29, 1.82) is 0 Å². The predicted molar refractivity (Wildman–Crippen MR) is 75.6 cm³/mol. The summed E-state index contributed by atoms with van der Waals surface area (Å²) in [6, 6.07) is 6.84. The third-order valence-corrected chi connectivity index (χ3v) is 4.66. The average Bonchev–Trinajstić information content (AvgIpc) is 2.43. The van der Waals surface area contributed by atoms with E-state index in [2.05, 4.69) is 37.4 Å². The first-order chi connectivity index (χ1) is 9.14. The summed E-state index contributed by atoms with van der Waals surface area (Å²) < 4.78 is 11.8. The molecular weight excluding hydrogens is 238 g/mol. The van der Waals surface area contributed by atoms with Crippen molar-refractivity contribution in [3.8, 4) is 5.75 Å². The lowest BCUT2D eigenvalue weighted by Crippen LogP contribution is -2.56. The fourth-order valence-corrected chi connectivity index (χ4v) is 3.34. The van der Waals surface area contributed by atoms with Crippen LogP contribution in [0.2, 0.25) is 0 Å². The van der Waals surface area contributed by atoms with Crippen molar-refractivity contribution in [3.05, 3.63) is 29.3 Å². The number of aryl methyl sites for hydroxylation is 1. The van der Waals surface area contributed by atoms with E-state index in [0.717, 1.165) is 25.1 Å². The van der Waals surface area contributed by atoms with Gasteiger partial charge in [0, 0.05) is 12.6 Å². The molecule has 0 aromatic heterocycles. The number of nitrogens with one attached hydrogen (secondary N) is 1. The van der Waals surface area contributed by atoms with E-state index in [1.165, 1.54) is 17.5 Å². The summed E-state index contributed by atoms with van der Waals surface area (Å²) in [5.74, 6) is 0.945. The molecule has 2 aliphatic rings. The van der Waals surface area contributed by atoms with Crippen LogP contribution in [0.1, 0.15) is 37.8 Å². The summed E-state index contributed by atoms with van der Waals surface area (Å²) >= 11 is 0. The number of ether oxygens (including phenoxy) is 2. The van der Waals surface area contributed by atoms with Crippen LogP contribution in [-0.4, -0.2) is 25.8 Å². The first-order valence-corrected chi connectivity index (χ1v) is 7.23. The van der Waals surface area contributed by atoms with Gasteiger partial charge in [-0.1, -0.05) is 6.07 Å². The van der Waals surface area contributed by atoms with Crippen LogP contribution >= 0.6 is 0 Å². The maximum absolute atomic E-state index is 6.42. The number of benzene rings is 1. The van der Waals surface area contributed by atoms with Crippen molar-refractivity contribution < 1.29 is 9.47 Å². The minimum absolute atomic E-state index is 0.133. The largest absolute Gasteiger partial charge is 0.497 e. The van der Waals surface area contributed by atoms with E-state index >= 15 is 0 Å². The zero-order valence-corrected chi connectivity index (χ0v) is 12.0. The molecule has 104 valence electrons. The van der Waals surface area contributed by atoms with Crippen LogP contribution in [0.4, 0.5) is 0 Å². The topological polar surface area (TPSA) is 30.5 Å². The zero-order chi connectivity index (χ0) is 13.5. The monoisotopic (exact) mass is 261 g/mol. The molecule has 3 rings (SSSR count). The molecule has 1 aliphatic carbocycles. The molecule has 1 fully saturated rings. The molecule has 1 N–H and O–H groups in total. The Bertz CT molecular complexity index is 474. The summed E-state index contributed by atoms with van der Waals surface area (Å²) in [7, 11) is 1.72. The predicted octanol–water partition coefficient (Wildman–Crippen LogP) is 2.62. The van der Waals surface area contributed by atoms with E-state index in [-0.39, 0.29) is 11.7 Å². The Labute approximate surface area is 115 Å². The highest BCUT2D eigenvalue weighted by Gasteiger charge is 2.42. The molecule has 3 unspecified atom stereocenters. The second-order valence-corrected chi connectivity index (χ2v) is 5.86. The van der Waals surface area contributed by atoms with Gasteiger partial charge in [-0.25, -0.2) is 0 Å². The summed E-state index contributed by atoms with van der Waals surface area (Å²) in [5, 5.41) is 3.61. The molecule has 0 bridgehead atoms. The van der Waals surface area contributed by atoms with Gasteiger partial charge in [-0.05, 0) is 56.4 Å². The van der Waals surface area contributed by atoms with Gasteiger partial charge < -0.3 is 14.8 Å². The van der Waals surface area contributed by atoms with Gasteiger partial charge in [0.2, 0.25) is 0 Å². The van der Waals surface area contributed by atoms with Crippen LogP contribution in [0, 0.1) is 0 Å². The Morgan fingerprint density at radius 2 is 2.21 bits per heavy atom. The van der Waals surface area contributed by atoms with E-state index in [1.54, 1.807) is 7.11 Å². The van der Waals surface area contributed by atoms with E-state index in [0.29, 0.717) is 6.04 Å². The smallest absolute Gasteiger partial charge is 0.119 e. The Hall–Kier alpha value is -1.06. The van der Waals surface area contributed by atoms with Gasteiger partial charge in [-0.2, -0.15) is 0 Å². The molecule has 1 aromatic rings. The molecule has 0 amide bonds. The highest BCUT2D eigenvalue weighted by molar-refractivity contribution is 5.41. The first-order valence-electron chi connectivity index (χ1n) is 7.23. The van der Waals surface area contributed by atoms with E-state index < -0.39 is 0 Å². The van der Waals surface area contributed by atoms with Crippen molar-refractivity contribution >= 4 is 0 Å². The molecule has 0 saturated carbocycles. The maximum Gasteiger partial charge on any atom is 0.119 e. The molecule has 3 nitrogen and oxygen atoms in total. The third-order valence-electron chi connectivity index (χ3n) is 4.66. The SMILES string of the molecule is COc1ccc2c(c1)CCCC21CNC(C)C(C)O1. The molecule has 1 heterocycles. The number of rotatable bonds is 1. The van der Waals surface area contributed by atoms with Crippen LogP contribution in [-0.2, 0) is 16.8 Å². The van der Waals surface area contributed by atoms with Crippen LogP contribution < -0.4 is 10.1 Å². The minimum atomic E-state index is -0.133. The van der Waals surface area contributed by atoms with Gasteiger partial charge >= 0.3 is 0 Å². The van der Waals surface area contributed by atoms with Gasteiger partial charge in [0.15, 0.2) is 0 Å². The summed E-state index contributed by atoms with van der Waals surface area (Å²) in [6.07, 6.45) is 3.67. The number of hydrogen-bond donors (Lipinski definition) is 1. The van der Waals surface area contributed by atoms with E-state index in [9.17, 15) is 0 Å². The standard InChI is InChI=1S/C16H23NO2/c1-11-12(2)19-16(10-17-11)8-4-5-13-9-14(18-3)6-7-15(13)16/h6-7,9,11-12,17H,4-5,8,10H2,1-3H3. The number of fused-ring (bicyclic) bond motifs is 2. The summed E-state index contributed by atoms with van der Waals surface area (Å²) in [5.41, 5.74) is 2.60. The van der Waals surface area contributed by atoms with Crippen LogP contribution in [0.5, 0.6) is 5.75 Å². The number of methoxy groups -OCH3 is 1. The fourth-order valence-electron chi connectivity index (χ4n) is 3.34. The van der Waals surface area contributed by atoms with Gasteiger partial charge in [-0.15, -0.1) is 0 Å². The summed E-state index contributed by atoms with van der Waals surface area (Å²) in [4.78, 5) is 0. The lowest BCUT2D eigenvalue weighted by Gasteiger charge is -2.47. The second-order valence-electron chi connectivity index (χ2n) is 5.86. The van der Waals surface area contributed by atoms with Gasteiger partial charge in [0.25, 0.3) is 0 Å². The average molecular weight is 261 g/mol. The Balaban J connectivity index is 1.98. The Morgan fingerprint density at radius 3 is 2.95 bits per heavy atom. The molecule has 1 aromatic carbocycles. The minimum Gasteiger partial charge on any atom is -0.497 e. The molecule has 1 spiro atoms. The van der Waals surface area contributed by atoms with Crippen molar-refractivity contribution in [2.75, 3.05) is 13.7 Å². The van der Waals surface area contributed by atoms with Crippen LogP contribution in [0.3, 0.4) is 0 Å². The normalized spacial score (nSPS) is 34.1. The molecule has 3 heteroatoms. The van der Waals surface area contributed by atoms with Crippen molar-refractivity contribution in [2.45, 2.75) is 50.9 Å². The molecular formula is C16H23NO2. The van der Waals surface area contributed by atoms with Crippen LogP contribution in [0.15, 0.2) is 18.2 Å². The van der Waals surface area contributed by atoms with Gasteiger partial charge in [-0.3, -0.25) is 0 Å². The second kappa shape index (κ2) is 4.80.